The van der Waals surface area contributed by atoms with Crippen LogP contribution in [0.15, 0.2) is 36.7 Å². The van der Waals surface area contributed by atoms with E-state index in [2.05, 4.69) is 30.9 Å². The molecular weight excluding hydrogens is 336 g/mol. The number of piperidine rings is 1. The molecule has 1 fully saturated rings. The minimum absolute atomic E-state index is 0.202. The number of hydrogen-bond donors (Lipinski definition) is 1. The second-order valence-corrected chi connectivity index (χ2v) is 7.51. The van der Waals surface area contributed by atoms with E-state index in [4.69, 9.17) is 20.4 Å². The summed E-state index contributed by atoms with van der Waals surface area (Å²) in [5, 5.41) is 0. The van der Waals surface area contributed by atoms with Gasteiger partial charge in [-0.3, -0.25) is 14.9 Å². The van der Waals surface area contributed by atoms with Crippen molar-refractivity contribution in [1.29, 1.82) is 0 Å². The van der Waals surface area contributed by atoms with E-state index >= 15 is 0 Å². The van der Waals surface area contributed by atoms with Crippen LogP contribution in [0.3, 0.4) is 0 Å². The summed E-state index contributed by atoms with van der Waals surface area (Å²) >= 11 is 0. The molecule has 2 aromatic heterocycles. The number of hydrogen-bond acceptors (Lipinski definition) is 5. The van der Waals surface area contributed by atoms with E-state index < -0.39 is 0 Å². The molecule has 3 atom stereocenters. The third-order valence-electron chi connectivity index (χ3n) is 5.71. The van der Waals surface area contributed by atoms with Crippen molar-refractivity contribution in [2.45, 2.75) is 57.7 Å². The van der Waals surface area contributed by atoms with Gasteiger partial charge in [-0.05, 0) is 75.9 Å². The average Bonchev–Trinajstić information content (AvgIpc) is 2.69. The molecule has 0 spiro atoms. The smallest absolute Gasteiger partial charge is 0.0609 e. The maximum absolute atomic E-state index is 5.85. The third-order valence-corrected chi connectivity index (χ3v) is 5.71. The molecule has 1 aliphatic rings. The molecule has 3 rings (SSSR count). The number of nitrogens with zero attached hydrogens (tertiary/aromatic N) is 3. The van der Waals surface area contributed by atoms with Crippen LogP contribution >= 0.6 is 0 Å². The van der Waals surface area contributed by atoms with Crippen molar-refractivity contribution >= 4 is 0 Å². The second kappa shape index (κ2) is 9.40. The minimum Gasteiger partial charge on any atom is -0.381 e. The largest absolute Gasteiger partial charge is 0.381 e. The number of methoxy groups -OCH3 is 1. The van der Waals surface area contributed by atoms with E-state index in [1.54, 1.807) is 0 Å². The van der Waals surface area contributed by atoms with Gasteiger partial charge in [0, 0.05) is 19.5 Å². The molecule has 1 aliphatic heterocycles. The van der Waals surface area contributed by atoms with Gasteiger partial charge in [-0.2, -0.15) is 0 Å². The zero-order chi connectivity index (χ0) is 19.2. The SMILES string of the molecule is CO[C@H]1C[C@H](c2ncccc2C)N(CCCCN)[C@H](c2ncccc2C)C1. The summed E-state index contributed by atoms with van der Waals surface area (Å²) in [7, 11) is 1.82. The van der Waals surface area contributed by atoms with Crippen LogP contribution < -0.4 is 5.73 Å². The third kappa shape index (κ3) is 4.54. The first-order chi connectivity index (χ1) is 13.2. The zero-order valence-electron chi connectivity index (χ0n) is 16.8. The molecule has 5 heteroatoms. The fraction of sp³-hybridized carbons (Fsp3) is 0.545. The molecule has 0 aliphatic carbocycles. The number of ether oxygens (including phenoxy) is 1. The van der Waals surface area contributed by atoms with Crippen LogP contribution in [-0.4, -0.2) is 41.2 Å². The molecule has 0 saturated carbocycles. The second-order valence-electron chi connectivity index (χ2n) is 7.51. The summed E-state index contributed by atoms with van der Waals surface area (Å²) in [6.07, 6.45) is 8.04. The van der Waals surface area contributed by atoms with Crippen LogP contribution in [0.4, 0.5) is 0 Å². The van der Waals surface area contributed by atoms with E-state index in [9.17, 15) is 0 Å². The average molecular weight is 369 g/mol. The lowest BCUT2D eigenvalue weighted by Gasteiger charge is -2.45. The Labute approximate surface area is 163 Å². The van der Waals surface area contributed by atoms with Crippen LogP contribution in [0.5, 0.6) is 0 Å². The summed E-state index contributed by atoms with van der Waals surface area (Å²) in [5.41, 5.74) is 10.6. The Hall–Kier alpha value is -1.82. The molecule has 146 valence electrons. The van der Waals surface area contributed by atoms with Crippen LogP contribution in [0.1, 0.15) is 60.3 Å². The Bertz CT molecular complexity index is 680. The molecular formula is C22H32N4O. The summed E-state index contributed by atoms with van der Waals surface area (Å²) < 4.78 is 5.85. The number of unbranched alkanes of at least 4 members (excludes halogenated alkanes) is 1. The molecule has 3 heterocycles. The highest BCUT2D eigenvalue weighted by Crippen LogP contribution is 2.43. The number of likely N-dealkylation sites (tertiary alicyclic amines) is 1. The molecule has 2 N–H and O–H groups in total. The van der Waals surface area contributed by atoms with Crippen LogP contribution in [0, 0.1) is 13.8 Å². The fourth-order valence-electron chi connectivity index (χ4n) is 4.26. The van der Waals surface area contributed by atoms with Crippen LogP contribution in [0.25, 0.3) is 0 Å². The maximum atomic E-state index is 5.85. The summed E-state index contributed by atoms with van der Waals surface area (Å²) in [6.45, 7) is 6.03. The molecule has 27 heavy (non-hydrogen) atoms. The number of rotatable bonds is 7. The van der Waals surface area contributed by atoms with Crippen molar-refractivity contribution in [2.24, 2.45) is 5.73 Å². The van der Waals surface area contributed by atoms with Gasteiger partial charge in [0.15, 0.2) is 0 Å². The van der Waals surface area contributed by atoms with Crippen molar-refractivity contribution < 1.29 is 4.74 Å². The fourth-order valence-corrected chi connectivity index (χ4v) is 4.26. The summed E-state index contributed by atoms with van der Waals surface area (Å²) in [5.74, 6) is 0. The first-order valence-electron chi connectivity index (χ1n) is 9.97. The van der Waals surface area contributed by atoms with Crippen molar-refractivity contribution in [3.63, 3.8) is 0 Å². The van der Waals surface area contributed by atoms with Gasteiger partial charge in [0.2, 0.25) is 0 Å². The molecule has 0 bridgehead atoms. The highest BCUT2D eigenvalue weighted by molar-refractivity contribution is 5.26. The van der Waals surface area contributed by atoms with Crippen molar-refractivity contribution in [3.05, 3.63) is 59.2 Å². The van der Waals surface area contributed by atoms with Gasteiger partial charge in [0.1, 0.15) is 0 Å². The van der Waals surface area contributed by atoms with Gasteiger partial charge in [-0.15, -0.1) is 0 Å². The Kier molecular flexibility index (Phi) is 6.94. The Morgan fingerprint density at radius 2 is 1.56 bits per heavy atom. The maximum Gasteiger partial charge on any atom is 0.0609 e. The predicted octanol–water partition coefficient (Wildman–Crippen LogP) is 3.73. The van der Waals surface area contributed by atoms with E-state index in [-0.39, 0.29) is 18.2 Å². The minimum atomic E-state index is 0.202. The highest BCUT2D eigenvalue weighted by Gasteiger charge is 2.39. The lowest BCUT2D eigenvalue weighted by Crippen LogP contribution is -2.43. The zero-order valence-corrected chi connectivity index (χ0v) is 16.8. The number of pyridine rings is 2. The van der Waals surface area contributed by atoms with E-state index in [1.807, 2.05) is 31.6 Å². The molecule has 0 unspecified atom stereocenters. The highest BCUT2D eigenvalue weighted by atomic mass is 16.5. The van der Waals surface area contributed by atoms with Crippen molar-refractivity contribution in [3.8, 4) is 0 Å². The first kappa shape index (κ1) is 19.9. The number of aryl methyl sites for hydroxylation is 2. The predicted molar refractivity (Wildman–Crippen MR) is 108 cm³/mol. The monoisotopic (exact) mass is 368 g/mol. The van der Waals surface area contributed by atoms with Gasteiger partial charge in [0.25, 0.3) is 0 Å². The lowest BCUT2D eigenvalue weighted by molar-refractivity contribution is -0.0277. The Morgan fingerprint density at radius 3 is 2.00 bits per heavy atom. The standard InChI is InChI=1S/C22H32N4O/c1-16-8-6-11-24-21(16)19-14-18(27-3)15-20(26(19)13-5-4-10-23)22-17(2)9-7-12-25-22/h6-9,11-12,18-20H,4-5,10,13-15,23H2,1-3H3/t18-,19+,20-. The summed E-state index contributed by atoms with van der Waals surface area (Å²) in [4.78, 5) is 12.1. The van der Waals surface area contributed by atoms with Gasteiger partial charge in [0.05, 0.1) is 29.6 Å². The lowest BCUT2D eigenvalue weighted by atomic mass is 9.86. The van der Waals surface area contributed by atoms with E-state index in [1.165, 1.54) is 11.1 Å². The Morgan fingerprint density at radius 1 is 1.00 bits per heavy atom. The normalized spacial score (nSPS) is 23.5. The van der Waals surface area contributed by atoms with Crippen molar-refractivity contribution in [2.75, 3.05) is 20.2 Å². The topological polar surface area (TPSA) is 64.3 Å². The van der Waals surface area contributed by atoms with E-state index in [0.717, 1.165) is 50.2 Å². The van der Waals surface area contributed by atoms with Gasteiger partial charge < -0.3 is 10.5 Å². The van der Waals surface area contributed by atoms with Crippen molar-refractivity contribution in [1.82, 2.24) is 14.9 Å². The molecule has 1 saturated heterocycles. The molecule has 0 radical (unpaired) electrons. The molecule has 0 amide bonds. The molecule has 5 nitrogen and oxygen atoms in total. The van der Waals surface area contributed by atoms with Crippen LogP contribution in [-0.2, 0) is 4.74 Å². The van der Waals surface area contributed by atoms with E-state index in [0.29, 0.717) is 0 Å². The number of nitrogens with two attached hydrogens (primary N) is 1. The molecule has 0 aromatic carbocycles. The summed E-state index contributed by atoms with van der Waals surface area (Å²) in [6, 6.07) is 8.78. The molecule has 2 aromatic rings. The number of aromatic nitrogens is 2. The van der Waals surface area contributed by atoms with Gasteiger partial charge in [-0.25, -0.2) is 0 Å². The van der Waals surface area contributed by atoms with Crippen LogP contribution in [0.2, 0.25) is 0 Å². The van der Waals surface area contributed by atoms with Gasteiger partial charge in [-0.1, -0.05) is 12.1 Å². The first-order valence-corrected chi connectivity index (χ1v) is 9.97. The quantitative estimate of drug-likeness (QED) is 0.755. The van der Waals surface area contributed by atoms with Gasteiger partial charge >= 0.3 is 0 Å². The Balaban J connectivity index is 2.00.